The summed E-state index contributed by atoms with van der Waals surface area (Å²) < 4.78 is 0. The van der Waals surface area contributed by atoms with Crippen molar-refractivity contribution in [3.63, 3.8) is 0 Å². The molecule has 0 unspecified atom stereocenters. The lowest BCUT2D eigenvalue weighted by Crippen LogP contribution is -1.88. The van der Waals surface area contributed by atoms with E-state index in [1.165, 1.54) is 11.1 Å². The van der Waals surface area contributed by atoms with Gasteiger partial charge in [0.2, 0.25) is 0 Å². The molecule has 1 heterocycles. The molecule has 160 valence electrons. The van der Waals surface area contributed by atoms with E-state index in [-0.39, 0.29) is 14.9 Å². The van der Waals surface area contributed by atoms with Gasteiger partial charge < -0.3 is 0 Å². The Hall–Kier alpha value is -2.41. The molecular weight excluding hydrogens is 350 g/mol. The monoisotopic (exact) mass is 393 g/mol. The van der Waals surface area contributed by atoms with Crippen molar-refractivity contribution >= 4 is 0 Å². The first-order chi connectivity index (χ1) is 12.9. The highest BCUT2D eigenvalue weighted by molar-refractivity contribution is 5.18. The molecule has 0 spiro atoms. The van der Waals surface area contributed by atoms with Crippen LogP contribution >= 0.6 is 0 Å². The van der Waals surface area contributed by atoms with Gasteiger partial charge in [0.05, 0.1) is 0 Å². The zero-order chi connectivity index (χ0) is 20.1. The largest absolute Gasteiger partial charge is 0.261 e. The molecule has 2 aromatic carbocycles. The van der Waals surface area contributed by atoms with Crippen molar-refractivity contribution in [2.45, 2.75) is 74.1 Å². The Kier molecular flexibility index (Phi) is 16.4. The summed E-state index contributed by atoms with van der Waals surface area (Å²) in [6, 6.07) is 27.0. The van der Waals surface area contributed by atoms with Gasteiger partial charge in [0.1, 0.15) is 0 Å². The Bertz CT molecular complexity index is 598. The summed E-state index contributed by atoms with van der Waals surface area (Å²) in [5.41, 5.74) is 3.99. The van der Waals surface area contributed by atoms with Gasteiger partial charge >= 0.3 is 0 Å². The van der Waals surface area contributed by atoms with Crippen LogP contribution in [0.15, 0.2) is 85.1 Å². The zero-order valence-electron chi connectivity index (χ0n) is 17.8. The number of nitrogens with zero attached hydrogens (tertiary/aromatic N) is 1. The second kappa shape index (κ2) is 16.5. The molecule has 1 heteroatoms. The molecule has 0 bridgehead atoms. The summed E-state index contributed by atoms with van der Waals surface area (Å²) in [7, 11) is 0. The van der Waals surface area contributed by atoms with E-state index in [1.807, 2.05) is 36.5 Å². The number of aromatic nitrogens is 1. The molecule has 1 nitrogen and oxygen atoms in total. The van der Waals surface area contributed by atoms with E-state index in [0.717, 1.165) is 5.69 Å². The third-order valence-electron chi connectivity index (χ3n) is 4.21. The molecule has 0 saturated carbocycles. The summed E-state index contributed by atoms with van der Waals surface area (Å²) >= 11 is 0. The summed E-state index contributed by atoms with van der Waals surface area (Å²) in [6.45, 7) is 13.1. The van der Waals surface area contributed by atoms with Crippen molar-refractivity contribution < 1.29 is 0 Å². The molecule has 0 aliphatic carbocycles. The van der Waals surface area contributed by atoms with Gasteiger partial charge in [0.15, 0.2) is 0 Å². The minimum Gasteiger partial charge on any atom is -0.261 e. The maximum absolute atomic E-state index is 4.18. The Morgan fingerprint density at radius 1 is 0.483 bits per heavy atom. The fraction of sp³-hybridized carbons (Fsp3) is 0.393. The SMILES string of the molecule is C.C.CC(C)c1ccccc1.CC(C)c1ccccc1.CC(C)c1ccccn1. The topological polar surface area (TPSA) is 12.9 Å². The number of benzene rings is 2. The van der Waals surface area contributed by atoms with Gasteiger partial charge in [-0.25, -0.2) is 0 Å². The van der Waals surface area contributed by atoms with Crippen molar-refractivity contribution in [2.24, 2.45) is 0 Å². The van der Waals surface area contributed by atoms with Crippen LogP contribution in [-0.4, -0.2) is 4.98 Å². The molecule has 0 radical (unpaired) electrons. The molecule has 0 aliphatic rings. The van der Waals surface area contributed by atoms with Crippen LogP contribution in [-0.2, 0) is 0 Å². The fourth-order valence-electron chi connectivity index (χ4n) is 2.39. The Morgan fingerprint density at radius 3 is 1.07 bits per heavy atom. The van der Waals surface area contributed by atoms with Crippen molar-refractivity contribution in [1.29, 1.82) is 0 Å². The standard InChI is InChI=1S/2C9H12.C8H11N.2CH4/c2*1-8(2)9-6-4-3-5-7-9;1-7(2)8-5-3-4-6-9-8;;/h2*3-8H,1-2H3;3-7H,1-2H3;2*1H4. The van der Waals surface area contributed by atoms with Gasteiger partial charge in [-0.2, -0.15) is 0 Å². The number of hydrogen-bond acceptors (Lipinski definition) is 1. The van der Waals surface area contributed by atoms with Crippen molar-refractivity contribution in [3.8, 4) is 0 Å². The lowest BCUT2D eigenvalue weighted by Gasteiger charge is -2.01. The van der Waals surface area contributed by atoms with E-state index in [2.05, 4.69) is 95.1 Å². The molecule has 0 amide bonds. The maximum Gasteiger partial charge on any atom is 0.0428 e. The quantitative estimate of drug-likeness (QED) is 0.432. The van der Waals surface area contributed by atoms with Gasteiger partial charge in [-0.1, -0.05) is 123 Å². The molecule has 1 aromatic heterocycles. The van der Waals surface area contributed by atoms with Crippen molar-refractivity contribution in [1.82, 2.24) is 4.98 Å². The van der Waals surface area contributed by atoms with Crippen LogP contribution in [0.4, 0.5) is 0 Å². The van der Waals surface area contributed by atoms with Crippen molar-refractivity contribution in [3.05, 3.63) is 102 Å². The van der Waals surface area contributed by atoms with Crippen molar-refractivity contribution in [2.75, 3.05) is 0 Å². The van der Waals surface area contributed by atoms with Gasteiger partial charge in [-0.3, -0.25) is 4.98 Å². The van der Waals surface area contributed by atoms with E-state index in [4.69, 9.17) is 0 Å². The van der Waals surface area contributed by atoms with Crippen LogP contribution in [0.2, 0.25) is 0 Å². The highest BCUT2D eigenvalue weighted by Crippen LogP contribution is 2.12. The lowest BCUT2D eigenvalue weighted by atomic mass is 10.0. The molecule has 29 heavy (non-hydrogen) atoms. The molecular formula is C28H43N. The summed E-state index contributed by atoms with van der Waals surface area (Å²) in [4.78, 5) is 4.18. The van der Waals surface area contributed by atoms with Crippen LogP contribution in [0.5, 0.6) is 0 Å². The Morgan fingerprint density at radius 2 is 0.862 bits per heavy atom. The first-order valence-electron chi connectivity index (χ1n) is 9.92. The van der Waals surface area contributed by atoms with Crippen LogP contribution in [0.1, 0.15) is 91.0 Å². The first kappa shape index (κ1) is 28.8. The van der Waals surface area contributed by atoms with E-state index in [0.29, 0.717) is 17.8 Å². The summed E-state index contributed by atoms with van der Waals surface area (Å²) in [6.07, 6.45) is 1.83. The fourth-order valence-corrected chi connectivity index (χ4v) is 2.39. The third-order valence-corrected chi connectivity index (χ3v) is 4.21. The van der Waals surface area contributed by atoms with Crippen LogP contribution in [0.3, 0.4) is 0 Å². The van der Waals surface area contributed by atoms with E-state index in [1.54, 1.807) is 0 Å². The average Bonchev–Trinajstić information content (AvgIpc) is 2.71. The van der Waals surface area contributed by atoms with Gasteiger partial charge in [0.25, 0.3) is 0 Å². The normalized spacial score (nSPS) is 9.41. The highest BCUT2D eigenvalue weighted by Gasteiger charge is 1.95. The van der Waals surface area contributed by atoms with Crippen LogP contribution < -0.4 is 0 Å². The summed E-state index contributed by atoms with van der Waals surface area (Å²) in [5, 5.41) is 0. The highest BCUT2D eigenvalue weighted by atomic mass is 14.7. The number of hydrogen-bond donors (Lipinski definition) is 0. The zero-order valence-corrected chi connectivity index (χ0v) is 17.8. The smallest absolute Gasteiger partial charge is 0.0428 e. The second-order valence-corrected chi connectivity index (χ2v) is 7.54. The van der Waals surface area contributed by atoms with E-state index < -0.39 is 0 Å². The van der Waals surface area contributed by atoms with Crippen LogP contribution in [0, 0.1) is 0 Å². The van der Waals surface area contributed by atoms with Crippen LogP contribution in [0.25, 0.3) is 0 Å². The Balaban J connectivity index is 0. The predicted molar refractivity (Wildman–Crippen MR) is 133 cm³/mol. The molecule has 0 aliphatic heterocycles. The van der Waals surface area contributed by atoms with E-state index in [9.17, 15) is 0 Å². The predicted octanol–water partition coefficient (Wildman–Crippen LogP) is 9.10. The molecule has 0 N–H and O–H groups in total. The number of rotatable bonds is 3. The Labute approximate surface area is 181 Å². The summed E-state index contributed by atoms with van der Waals surface area (Å²) in [5.74, 6) is 1.86. The third kappa shape index (κ3) is 12.6. The van der Waals surface area contributed by atoms with E-state index >= 15 is 0 Å². The molecule has 3 rings (SSSR count). The average molecular weight is 394 g/mol. The van der Waals surface area contributed by atoms with Gasteiger partial charge in [0, 0.05) is 11.9 Å². The second-order valence-electron chi connectivity index (χ2n) is 7.54. The lowest BCUT2D eigenvalue weighted by molar-refractivity contribution is 0.823. The molecule has 0 fully saturated rings. The minimum atomic E-state index is 0. The minimum absolute atomic E-state index is 0. The van der Waals surface area contributed by atoms with Gasteiger partial charge in [-0.15, -0.1) is 0 Å². The number of pyridine rings is 1. The molecule has 0 atom stereocenters. The molecule has 3 aromatic rings. The maximum atomic E-state index is 4.18. The van der Waals surface area contributed by atoms with Gasteiger partial charge in [-0.05, 0) is 41.0 Å². The first-order valence-corrected chi connectivity index (χ1v) is 9.92. The molecule has 0 saturated heterocycles.